The number of nitrogens with one attached hydrogen (secondary N) is 2. The summed E-state index contributed by atoms with van der Waals surface area (Å²) in [5.74, 6) is -1.34. The van der Waals surface area contributed by atoms with Crippen molar-refractivity contribution in [3.05, 3.63) is 41.2 Å². The summed E-state index contributed by atoms with van der Waals surface area (Å²) in [4.78, 5) is 10.3. The highest BCUT2D eigenvalue weighted by Gasteiger charge is 2.45. The Morgan fingerprint density at radius 1 is 1.07 bits per heavy atom. The molecule has 3 heterocycles. The quantitative estimate of drug-likeness (QED) is 0.769. The van der Waals surface area contributed by atoms with Crippen LogP contribution < -0.4 is 14.9 Å². The van der Waals surface area contributed by atoms with E-state index in [1.807, 2.05) is 24.8 Å². The van der Waals surface area contributed by atoms with Crippen molar-refractivity contribution in [2.45, 2.75) is 37.2 Å². The Morgan fingerprint density at radius 2 is 1.70 bits per heavy atom. The summed E-state index contributed by atoms with van der Waals surface area (Å²) in [6.07, 6.45) is 0.778. The van der Waals surface area contributed by atoms with Gasteiger partial charge in [-0.3, -0.25) is 0 Å². The van der Waals surface area contributed by atoms with E-state index in [0.29, 0.717) is 37.9 Å². The molecule has 1 spiro atoms. The lowest BCUT2D eigenvalue weighted by Crippen LogP contribution is -2.62. The predicted octanol–water partition coefficient (Wildman–Crippen LogP) is 2.07. The van der Waals surface area contributed by atoms with Crippen molar-refractivity contribution in [3.8, 4) is 0 Å². The van der Waals surface area contributed by atoms with E-state index < -0.39 is 32.2 Å². The average Bonchev–Trinajstić information content (AvgIpc) is 2.52. The molecule has 0 saturated carbocycles. The van der Waals surface area contributed by atoms with Crippen LogP contribution in [0, 0.1) is 25.5 Å². The van der Waals surface area contributed by atoms with Crippen molar-refractivity contribution in [3.63, 3.8) is 0 Å². The third-order valence-corrected chi connectivity index (χ3v) is 6.46. The summed E-state index contributed by atoms with van der Waals surface area (Å²) < 4.78 is 55.3. The molecule has 1 saturated heterocycles. The fraction of sp³-hybridized carbons (Fsp3) is 0.412. The van der Waals surface area contributed by atoms with Gasteiger partial charge in [-0.2, -0.15) is 4.72 Å². The van der Waals surface area contributed by atoms with Gasteiger partial charge in [0.2, 0.25) is 16.0 Å². The molecule has 2 aromatic rings. The molecular formula is C17H19F2N5O2S. The molecule has 144 valence electrons. The summed E-state index contributed by atoms with van der Waals surface area (Å²) in [7, 11) is -4.10. The first-order valence-corrected chi connectivity index (χ1v) is 10.0. The van der Waals surface area contributed by atoms with Gasteiger partial charge in [-0.1, -0.05) is 0 Å². The van der Waals surface area contributed by atoms with Crippen LogP contribution in [0.4, 0.5) is 20.4 Å². The summed E-state index contributed by atoms with van der Waals surface area (Å²) in [6.45, 7) is 4.76. The highest BCUT2D eigenvalue weighted by Crippen LogP contribution is 2.37. The molecule has 7 nitrogen and oxygen atoms in total. The topological polar surface area (TPSA) is 87.2 Å². The number of piperidine rings is 1. The molecule has 0 bridgehead atoms. The van der Waals surface area contributed by atoms with Crippen molar-refractivity contribution in [2.75, 3.05) is 23.3 Å². The predicted molar refractivity (Wildman–Crippen MR) is 96.0 cm³/mol. The third kappa shape index (κ3) is 3.23. The van der Waals surface area contributed by atoms with E-state index in [4.69, 9.17) is 0 Å². The van der Waals surface area contributed by atoms with E-state index in [2.05, 4.69) is 20.0 Å². The molecule has 1 aromatic carbocycles. The van der Waals surface area contributed by atoms with Crippen LogP contribution in [0.5, 0.6) is 0 Å². The number of anilines is 2. The first-order chi connectivity index (χ1) is 12.7. The minimum atomic E-state index is -4.10. The normalized spacial score (nSPS) is 20.2. The lowest BCUT2D eigenvalue weighted by Gasteiger charge is -2.45. The number of benzene rings is 1. The number of halogens is 2. The lowest BCUT2D eigenvalue weighted by molar-refractivity contribution is 0.332. The van der Waals surface area contributed by atoms with Gasteiger partial charge in [-0.05, 0) is 26.0 Å². The second kappa shape index (κ2) is 6.10. The number of hydrogen-bond donors (Lipinski definition) is 2. The highest BCUT2D eigenvalue weighted by atomic mass is 32.2. The summed E-state index contributed by atoms with van der Waals surface area (Å²) in [5, 5.41) is 3.01. The molecule has 27 heavy (non-hydrogen) atoms. The summed E-state index contributed by atoms with van der Waals surface area (Å²) in [6, 6.07) is 3.46. The smallest absolute Gasteiger partial charge is 0.247 e. The van der Waals surface area contributed by atoms with E-state index in [1.165, 1.54) is 0 Å². The van der Waals surface area contributed by atoms with Crippen LogP contribution >= 0.6 is 0 Å². The highest BCUT2D eigenvalue weighted by molar-refractivity contribution is 7.89. The first kappa shape index (κ1) is 18.1. The van der Waals surface area contributed by atoms with Crippen LogP contribution in [0.1, 0.15) is 24.2 Å². The Balaban J connectivity index is 1.61. The Hall–Kier alpha value is -2.33. The van der Waals surface area contributed by atoms with Crippen LogP contribution in [0.15, 0.2) is 23.1 Å². The number of sulfonamides is 1. The second-order valence-electron chi connectivity index (χ2n) is 7.01. The molecular weight excluding hydrogens is 376 g/mol. The maximum absolute atomic E-state index is 14.0. The SMILES string of the molecule is Cc1cc(C)nc(N2CCC3(CC2)Nc2cc(F)cc(F)c2S(=O)(=O)N3)n1. The molecule has 1 aromatic heterocycles. The van der Waals surface area contributed by atoms with Gasteiger partial charge < -0.3 is 10.2 Å². The second-order valence-corrected chi connectivity index (χ2v) is 8.63. The Bertz CT molecular complexity index is 1000. The van der Waals surface area contributed by atoms with E-state index in [1.54, 1.807) is 0 Å². The van der Waals surface area contributed by atoms with Gasteiger partial charge in [0.25, 0.3) is 0 Å². The first-order valence-electron chi connectivity index (χ1n) is 8.56. The van der Waals surface area contributed by atoms with Crippen molar-refractivity contribution in [2.24, 2.45) is 0 Å². The number of fused-ring (bicyclic) bond motifs is 1. The van der Waals surface area contributed by atoms with Crippen LogP contribution in [0.3, 0.4) is 0 Å². The molecule has 10 heteroatoms. The Labute approximate surface area is 155 Å². The average molecular weight is 395 g/mol. The maximum Gasteiger partial charge on any atom is 0.247 e. The van der Waals surface area contributed by atoms with Gasteiger partial charge in [0.05, 0.1) is 5.69 Å². The van der Waals surface area contributed by atoms with Crippen LogP contribution in [-0.2, 0) is 10.0 Å². The Kier molecular flexibility index (Phi) is 4.08. The lowest BCUT2D eigenvalue weighted by atomic mass is 9.97. The monoisotopic (exact) mass is 395 g/mol. The number of hydrogen-bond acceptors (Lipinski definition) is 6. The largest absolute Gasteiger partial charge is 0.365 e. The van der Waals surface area contributed by atoms with Crippen molar-refractivity contribution >= 4 is 21.7 Å². The molecule has 0 atom stereocenters. The molecule has 2 N–H and O–H groups in total. The fourth-order valence-electron chi connectivity index (χ4n) is 3.68. The molecule has 0 radical (unpaired) electrons. The Morgan fingerprint density at radius 3 is 2.33 bits per heavy atom. The number of nitrogens with zero attached hydrogens (tertiary/aromatic N) is 3. The van der Waals surface area contributed by atoms with Crippen molar-refractivity contribution in [1.29, 1.82) is 0 Å². The van der Waals surface area contributed by atoms with Crippen molar-refractivity contribution < 1.29 is 17.2 Å². The summed E-state index contributed by atoms with van der Waals surface area (Å²) >= 11 is 0. The minimum absolute atomic E-state index is 0.0534. The van der Waals surface area contributed by atoms with Crippen LogP contribution in [0.25, 0.3) is 0 Å². The molecule has 2 aliphatic rings. The zero-order chi connectivity index (χ0) is 19.4. The van der Waals surface area contributed by atoms with E-state index in [9.17, 15) is 17.2 Å². The van der Waals surface area contributed by atoms with E-state index >= 15 is 0 Å². The van der Waals surface area contributed by atoms with Crippen LogP contribution in [-0.4, -0.2) is 37.1 Å². The molecule has 0 aliphatic carbocycles. The zero-order valence-corrected chi connectivity index (χ0v) is 15.7. The standard InChI is InChI=1S/C17H19F2N5O2S/c1-10-7-11(2)21-16(20-10)24-5-3-17(4-6-24)22-14-9-12(18)8-13(19)15(14)27(25,26)23-17/h7-9,22-23H,3-6H2,1-2H3. The van der Waals surface area contributed by atoms with Crippen LogP contribution in [0.2, 0.25) is 0 Å². The van der Waals surface area contributed by atoms with Gasteiger partial charge in [0, 0.05) is 43.4 Å². The number of aromatic nitrogens is 2. The molecule has 1 fully saturated rings. The van der Waals surface area contributed by atoms with Gasteiger partial charge in [0.15, 0.2) is 0 Å². The van der Waals surface area contributed by atoms with Gasteiger partial charge in [0.1, 0.15) is 22.2 Å². The minimum Gasteiger partial charge on any atom is -0.365 e. The third-order valence-electron chi connectivity index (χ3n) is 4.85. The number of aryl methyl sites for hydroxylation is 2. The number of rotatable bonds is 1. The van der Waals surface area contributed by atoms with Crippen molar-refractivity contribution in [1.82, 2.24) is 14.7 Å². The maximum atomic E-state index is 14.0. The summed E-state index contributed by atoms with van der Waals surface area (Å²) in [5.41, 5.74) is 0.659. The van der Waals surface area contributed by atoms with Gasteiger partial charge in [-0.25, -0.2) is 27.2 Å². The molecule has 0 unspecified atom stereocenters. The fourth-order valence-corrected chi connectivity index (χ4v) is 5.27. The zero-order valence-electron chi connectivity index (χ0n) is 14.9. The van der Waals surface area contributed by atoms with Gasteiger partial charge in [-0.15, -0.1) is 0 Å². The molecule has 0 amide bonds. The molecule has 4 rings (SSSR count). The van der Waals surface area contributed by atoms with E-state index in [0.717, 1.165) is 17.5 Å². The molecule has 2 aliphatic heterocycles. The van der Waals surface area contributed by atoms with E-state index in [-0.39, 0.29) is 5.69 Å². The van der Waals surface area contributed by atoms with Gasteiger partial charge >= 0.3 is 0 Å².